The summed E-state index contributed by atoms with van der Waals surface area (Å²) in [5.41, 5.74) is 0.316. The minimum absolute atomic E-state index is 0.137. The van der Waals surface area contributed by atoms with E-state index in [0.717, 1.165) is 12.8 Å². The van der Waals surface area contributed by atoms with Crippen LogP contribution in [-0.4, -0.2) is 23.5 Å². The van der Waals surface area contributed by atoms with Crippen molar-refractivity contribution in [2.75, 3.05) is 6.54 Å². The third-order valence-electron chi connectivity index (χ3n) is 3.93. The summed E-state index contributed by atoms with van der Waals surface area (Å²) in [5, 5.41) is 11.7. The lowest BCUT2D eigenvalue weighted by molar-refractivity contribution is -0.146. The maximum atomic E-state index is 11.8. The lowest BCUT2D eigenvalue weighted by Gasteiger charge is -2.19. The van der Waals surface area contributed by atoms with Crippen molar-refractivity contribution in [3.05, 3.63) is 0 Å². The minimum atomic E-state index is -0.914. The molecule has 17 heavy (non-hydrogen) atoms. The molecular weight excluding hydrogens is 218 g/mol. The van der Waals surface area contributed by atoms with E-state index in [2.05, 4.69) is 12.2 Å². The zero-order valence-corrected chi connectivity index (χ0v) is 11.0. The molecule has 1 amide bonds. The fourth-order valence-corrected chi connectivity index (χ4v) is 2.10. The molecule has 98 valence electrons. The van der Waals surface area contributed by atoms with Gasteiger partial charge in [0.25, 0.3) is 0 Å². The van der Waals surface area contributed by atoms with Gasteiger partial charge in [0.1, 0.15) is 0 Å². The van der Waals surface area contributed by atoms with E-state index >= 15 is 0 Å². The minimum Gasteiger partial charge on any atom is -0.481 e. The second kappa shape index (κ2) is 5.52. The first-order valence-electron chi connectivity index (χ1n) is 6.42. The number of carboxylic acids is 1. The van der Waals surface area contributed by atoms with Gasteiger partial charge in [0.2, 0.25) is 5.91 Å². The van der Waals surface area contributed by atoms with Crippen LogP contribution in [0, 0.1) is 17.3 Å². The highest BCUT2D eigenvalue weighted by Crippen LogP contribution is 2.48. The van der Waals surface area contributed by atoms with Crippen LogP contribution >= 0.6 is 0 Å². The fourth-order valence-electron chi connectivity index (χ4n) is 2.10. The highest BCUT2D eigenvalue weighted by molar-refractivity contribution is 5.84. The standard InChI is InChI=1S/C13H23NO3/c1-4-5-13(6-7-13)8-14-11(15)9(2)10(3)12(16)17/h9-10H,4-8H2,1-3H3,(H,14,15)(H,16,17). The molecule has 0 aromatic carbocycles. The summed E-state index contributed by atoms with van der Waals surface area (Å²) in [7, 11) is 0. The normalized spacial score (nSPS) is 20.4. The van der Waals surface area contributed by atoms with E-state index < -0.39 is 17.8 Å². The first-order valence-corrected chi connectivity index (χ1v) is 6.42. The molecule has 1 saturated carbocycles. The van der Waals surface area contributed by atoms with Crippen LogP contribution in [-0.2, 0) is 9.59 Å². The van der Waals surface area contributed by atoms with Gasteiger partial charge in [-0.2, -0.15) is 0 Å². The quantitative estimate of drug-likeness (QED) is 0.716. The van der Waals surface area contributed by atoms with Crippen LogP contribution in [0.15, 0.2) is 0 Å². The molecule has 1 aliphatic rings. The molecule has 4 heteroatoms. The molecule has 0 spiro atoms. The number of carbonyl (C=O) groups is 2. The van der Waals surface area contributed by atoms with Crippen molar-refractivity contribution in [3.63, 3.8) is 0 Å². The van der Waals surface area contributed by atoms with E-state index in [9.17, 15) is 9.59 Å². The zero-order valence-electron chi connectivity index (χ0n) is 11.0. The molecule has 2 unspecified atom stereocenters. The Morgan fingerprint density at radius 3 is 2.29 bits per heavy atom. The Morgan fingerprint density at radius 1 is 1.29 bits per heavy atom. The summed E-state index contributed by atoms with van der Waals surface area (Å²) in [5.74, 6) is -2.15. The molecule has 1 fully saturated rings. The highest BCUT2D eigenvalue weighted by atomic mass is 16.4. The van der Waals surface area contributed by atoms with Crippen molar-refractivity contribution in [1.29, 1.82) is 0 Å². The predicted octanol–water partition coefficient (Wildman–Crippen LogP) is 2.04. The fraction of sp³-hybridized carbons (Fsp3) is 0.846. The van der Waals surface area contributed by atoms with E-state index in [0.29, 0.717) is 12.0 Å². The molecule has 0 heterocycles. The average Bonchev–Trinajstić information content (AvgIpc) is 3.04. The van der Waals surface area contributed by atoms with Crippen LogP contribution in [0.1, 0.15) is 46.5 Å². The molecule has 0 aliphatic heterocycles. The first kappa shape index (κ1) is 14.0. The number of hydrogen-bond acceptors (Lipinski definition) is 2. The van der Waals surface area contributed by atoms with Crippen LogP contribution in [0.2, 0.25) is 0 Å². The summed E-state index contributed by atoms with van der Waals surface area (Å²) < 4.78 is 0. The van der Waals surface area contributed by atoms with E-state index in [1.165, 1.54) is 12.8 Å². The Kier molecular flexibility index (Phi) is 4.54. The lowest BCUT2D eigenvalue weighted by atomic mass is 9.94. The smallest absolute Gasteiger partial charge is 0.307 e. The van der Waals surface area contributed by atoms with Crippen molar-refractivity contribution >= 4 is 11.9 Å². The molecule has 0 aromatic heterocycles. The number of carbonyl (C=O) groups excluding carboxylic acids is 1. The van der Waals surface area contributed by atoms with Crippen molar-refractivity contribution in [3.8, 4) is 0 Å². The molecule has 1 rings (SSSR count). The molecule has 2 atom stereocenters. The first-order chi connectivity index (χ1) is 7.92. The number of hydrogen-bond donors (Lipinski definition) is 2. The second-order valence-electron chi connectivity index (χ2n) is 5.38. The highest BCUT2D eigenvalue weighted by Gasteiger charge is 2.41. The summed E-state index contributed by atoms with van der Waals surface area (Å²) >= 11 is 0. The van der Waals surface area contributed by atoms with Crippen LogP contribution < -0.4 is 5.32 Å². The van der Waals surface area contributed by atoms with Gasteiger partial charge in [0, 0.05) is 12.5 Å². The van der Waals surface area contributed by atoms with Crippen molar-refractivity contribution in [2.45, 2.75) is 46.5 Å². The molecule has 2 N–H and O–H groups in total. The van der Waals surface area contributed by atoms with Crippen LogP contribution in [0.25, 0.3) is 0 Å². The molecule has 1 aliphatic carbocycles. The van der Waals surface area contributed by atoms with Gasteiger partial charge in [-0.25, -0.2) is 0 Å². The number of nitrogens with one attached hydrogen (secondary N) is 1. The maximum absolute atomic E-state index is 11.8. The second-order valence-corrected chi connectivity index (χ2v) is 5.38. The zero-order chi connectivity index (χ0) is 13.1. The van der Waals surface area contributed by atoms with Crippen LogP contribution in [0.5, 0.6) is 0 Å². The Balaban J connectivity index is 2.37. The molecular formula is C13H23NO3. The summed E-state index contributed by atoms with van der Waals surface area (Å²) in [6, 6.07) is 0. The SMILES string of the molecule is CCCC1(CNC(=O)C(C)C(C)C(=O)O)CC1. The number of carboxylic acid groups (broad SMARTS) is 1. The Hall–Kier alpha value is -1.06. The van der Waals surface area contributed by atoms with Crippen molar-refractivity contribution in [1.82, 2.24) is 5.32 Å². The van der Waals surface area contributed by atoms with Gasteiger partial charge >= 0.3 is 5.97 Å². The summed E-state index contributed by atoms with van der Waals surface area (Å²) in [4.78, 5) is 22.6. The molecule has 0 aromatic rings. The number of aliphatic carboxylic acids is 1. The Bertz CT molecular complexity index is 297. The Morgan fingerprint density at radius 2 is 1.88 bits per heavy atom. The van der Waals surface area contributed by atoms with Gasteiger partial charge in [-0.15, -0.1) is 0 Å². The number of amides is 1. The lowest BCUT2D eigenvalue weighted by Crippen LogP contribution is -2.38. The van der Waals surface area contributed by atoms with Crippen molar-refractivity contribution < 1.29 is 14.7 Å². The topological polar surface area (TPSA) is 66.4 Å². The average molecular weight is 241 g/mol. The monoisotopic (exact) mass is 241 g/mol. The summed E-state index contributed by atoms with van der Waals surface area (Å²) in [6.07, 6.45) is 4.65. The van der Waals surface area contributed by atoms with Gasteiger partial charge in [0.15, 0.2) is 0 Å². The van der Waals surface area contributed by atoms with E-state index in [4.69, 9.17) is 5.11 Å². The molecule has 4 nitrogen and oxygen atoms in total. The maximum Gasteiger partial charge on any atom is 0.307 e. The van der Waals surface area contributed by atoms with Gasteiger partial charge < -0.3 is 10.4 Å². The molecule has 0 radical (unpaired) electrons. The van der Waals surface area contributed by atoms with E-state index in [1.807, 2.05) is 0 Å². The third kappa shape index (κ3) is 3.72. The predicted molar refractivity (Wildman–Crippen MR) is 65.5 cm³/mol. The van der Waals surface area contributed by atoms with Crippen molar-refractivity contribution in [2.24, 2.45) is 17.3 Å². The third-order valence-corrected chi connectivity index (χ3v) is 3.93. The summed E-state index contributed by atoms with van der Waals surface area (Å²) in [6.45, 7) is 6.10. The molecule has 0 bridgehead atoms. The van der Waals surface area contributed by atoms with Gasteiger partial charge in [-0.05, 0) is 24.7 Å². The Labute approximate surface area is 103 Å². The number of rotatable bonds is 7. The van der Waals surface area contributed by atoms with E-state index in [-0.39, 0.29) is 5.91 Å². The molecule has 0 saturated heterocycles. The van der Waals surface area contributed by atoms with Gasteiger partial charge in [-0.3, -0.25) is 9.59 Å². The van der Waals surface area contributed by atoms with Gasteiger partial charge in [0.05, 0.1) is 5.92 Å². The van der Waals surface area contributed by atoms with Crippen LogP contribution in [0.3, 0.4) is 0 Å². The van der Waals surface area contributed by atoms with Gasteiger partial charge in [-0.1, -0.05) is 27.2 Å². The largest absolute Gasteiger partial charge is 0.481 e. The van der Waals surface area contributed by atoms with Crippen LogP contribution in [0.4, 0.5) is 0 Å². The van der Waals surface area contributed by atoms with E-state index in [1.54, 1.807) is 13.8 Å².